The second-order valence-corrected chi connectivity index (χ2v) is 7.62. The van der Waals surface area contributed by atoms with Gasteiger partial charge >= 0.3 is 0 Å². The number of aromatic nitrogens is 2. The first-order valence-corrected chi connectivity index (χ1v) is 10.3. The van der Waals surface area contributed by atoms with Crippen LogP contribution in [0.25, 0.3) is 0 Å². The molecule has 3 N–H and O–H groups in total. The Labute approximate surface area is 198 Å². The molecule has 0 fully saturated rings. The third kappa shape index (κ3) is 8.34. The molecule has 0 atom stereocenters. The standard InChI is InChI=1S/C21H25N5O2S.2ClH/c1-14(2)22-10-11-24-20(27)17-6-4-5-7-18(17)28-16-8-9-23-19(12-16)26-21-25-15(3)13-29-21;;/h4-9,12-14,22H,10-11H2,1-3H3,(H,24,27)(H,23,25,26);2*1H. The van der Waals surface area contributed by atoms with Gasteiger partial charge in [0.05, 0.1) is 11.3 Å². The smallest absolute Gasteiger partial charge is 0.255 e. The van der Waals surface area contributed by atoms with E-state index in [1.165, 1.54) is 11.3 Å². The number of aryl methyl sites for hydroxylation is 1. The number of nitrogens with one attached hydrogen (secondary N) is 3. The number of nitrogens with zero attached hydrogens (tertiary/aromatic N) is 2. The zero-order chi connectivity index (χ0) is 20.6. The van der Waals surface area contributed by atoms with Crippen molar-refractivity contribution < 1.29 is 9.53 Å². The van der Waals surface area contributed by atoms with E-state index in [1.54, 1.807) is 30.5 Å². The number of benzene rings is 1. The van der Waals surface area contributed by atoms with E-state index in [0.717, 1.165) is 10.8 Å². The van der Waals surface area contributed by atoms with Gasteiger partial charge in [0.15, 0.2) is 5.13 Å². The maximum Gasteiger partial charge on any atom is 0.255 e. The summed E-state index contributed by atoms with van der Waals surface area (Å²) < 4.78 is 5.99. The van der Waals surface area contributed by atoms with Crippen LogP contribution in [0.4, 0.5) is 10.9 Å². The van der Waals surface area contributed by atoms with E-state index in [1.807, 2.05) is 24.4 Å². The van der Waals surface area contributed by atoms with Crippen molar-refractivity contribution in [3.8, 4) is 11.5 Å². The second kappa shape index (κ2) is 13.1. The zero-order valence-corrected chi connectivity index (χ0v) is 20.0. The highest BCUT2D eigenvalue weighted by atomic mass is 35.5. The highest BCUT2D eigenvalue weighted by Gasteiger charge is 2.13. The van der Waals surface area contributed by atoms with Gasteiger partial charge in [0.2, 0.25) is 0 Å². The highest BCUT2D eigenvalue weighted by molar-refractivity contribution is 7.13. The van der Waals surface area contributed by atoms with E-state index >= 15 is 0 Å². The molecule has 0 aliphatic rings. The van der Waals surface area contributed by atoms with Crippen molar-refractivity contribution in [2.75, 3.05) is 18.4 Å². The molecule has 168 valence electrons. The number of amides is 1. The van der Waals surface area contributed by atoms with Gasteiger partial charge in [-0.2, -0.15) is 0 Å². The molecule has 0 radical (unpaired) electrons. The fourth-order valence-electron chi connectivity index (χ4n) is 2.57. The Balaban J connectivity index is 0.00000240. The van der Waals surface area contributed by atoms with Crippen molar-refractivity contribution in [2.45, 2.75) is 26.8 Å². The zero-order valence-electron chi connectivity index (χ0n) is 17.5. The fraction of sp³-hybridized carbons (Fsp3) is 0.286. The summed E-state index contributed by atoms with van der Waals surface area (Å²) in [7, 11) is 0. The van der Waals surface area contributed by atoms with Crippen LogP contribution in [0.1, 0.15) is 29.9 Å². The number of hydrogen-bond donors (Lipinski definition) is 3. The molecule has 2 aromatic heterocycles. The van der Waals surface area contributed by atoms with Crippen LogP contribution in [-0.2, 0) is 0 Å². The third-order valence-corrected chi connectivity index (χ3v) is 4.78. The lowest BCUT2D eigenvalue weighted by Gasteiger charge is -2.13. The Bertz CT molecular complexity index is 968. The molecule has 0 aliphatic carbocycles. The van der Waals surface area contributed by atoms with Crippen LogP contribution in [0, 0.1) is 6.92 Å². The predicted octanol–water partition coefficient (Wildman–Crippen LogP) is 4.95. The molecule has 0 spiro atoms. The molecular formula is C21H27Cl2N5O2S. The Hall–Kier alpha value is -2.39. The molecule has 0 saturated carbocycles. The van der Waals surface area contributed by atoms with Gasteiger partial charge in [-0.05, 0) is 25.1 Å². The maximum absolute atomic E-state index is 12.6. The molecule has 1 aromatic carbocycles. The maximum atomic E-state index is 12.6. The van der Waals surface area contributed by atoms with Gasteiger partial charge in [-0.1, -0.05) is 26.0 Å². The van der Waals surface area contributed by atoms with Gasteiger partial charge < -0.3 is 20.7 Å². The van der Waals surface area contributed by atoms with Crippen molar-refractivity contribution in [3.05, 3.63) is 59.2 Å². The Kier molecular flexibility index (Phi) is 11.3. The van der Waals surface area contributed by atoms with Crippen molar-refractivity contribution in [1.82, 2.24) is 20.6 Å². The van der Waals surface area contributed by atoms with Crippen molar-refractivity contribution in [1.29, 1.82) is 0 Å². The van der Waals surface area contributed by atoms with Gasteiger partial charge in [0.1, 0.15) is 17.3 Å². The highest BCUT2D eigenvalue weighted by Crippen LogP contribution is 2.27. The minimum atomic E-state index is -0.170. The molecule has 10 heteroatoms. The Morgan fingerprint density at radius 2 is 1.94 bits per heavy atom. The van der Waals surface area contributed by atoms with Crippen LogP contribution >= 0.6 is 36.2 Å². The number of thiazole rings is 1. The van der Waals surface area contributed by atoms with Crippen LogP contribution in [0.2, 0.25) is 0 Å². The van der Waals surface area contributed by atoms with Gasteiger partial charge in [-0.25, -0.2) is 9.97 Å². The minimum absolute atomic E-state index is 0. The fourth-order valence-corrected chi connectivity index (χ4v) is 3.26. The lowest BCUT2D eigenvalue weighted by atomic mass is 10.2. The largest absolute Gasteiger partial charge is 0.456 e. The van der Waals surface area contributed by atoms with Crippen LogP contribution in [0.3, 0.4) is 0 Å². The Morgan fingerprint density at radius 3 is 2.65 bits per heavy atom. The summed E-state index contributed by atoms with van der Waals surface area (Å²) >= 11 is 1.51. The number of rotatable bonds is 9. The van der Waals surface area contributed by atoms with Gasteiger partial charge in [-0.3, -0.25) is 4.79 Å². The van der Waals surface area contributed by atoms with Crippen molar-refractivity contribution in [2.24, 2.45) is 0 Å². The SMILES string of the molecule is Cc1csc(Nc2cc(Oc3ccccc3C(=O)NCCNC(C)C)ccn2)n1.Cl.Cl. The van der Waals surface area contributed by atoms with Gasteiger partial charge in [-0.15, -0.1) is 36.2 Å². The number of pyridine rings is 1. The number of carbonyl (C=O) groups is 1. The first-order valence-electron chi connectivity index (χ1n) is 9.45. The first-order chi connectivity index (χ1) is 14.0. The average molecular weight is 484 g/mol. The van der Waals surface area contributed by atoms with Crippen LogP contribution < -0.4 is 20.7 Å². The molecule has 3 rings (SSSR count). The molecule has 7 nitrogen and oxygen atoms in total. The quantitative estimate of drug-likeness (QED) is 0.373. The number of anilines is 2. The summed E-state index contributed by atoms with van der Waals surface area (Å²) in [6.07, 6.45) is 1.65. The molecule has 0 saturated heterocycles. The predicted molar refractivity (Wildman–Crippen MR) is 131 cm³/mol. The summed E-state index contributed by atoms with van der Waals surface area (Å²) in [6.45, 7) is 7.33. The summed E-state index contributed by atoms with van der Waals surface area (Å²) in [6, 6.07) is 11.1. The lowest BCUT2D eigenvalue weighted by molar-refractivity contribution is 0.0951. The van der Waals surface area contributed by atoms with Crippen LogP contribution in [0.5, 0.6) is 11.5 Å². The molecule has 1 amide bonds. The molecule has 0 aliphatic heterocycles. The second-order valence-electron chi connectivity index (χ2n) is 6.76. The molecular weight excluding hydrogens is 457 g/mol. The van der Waals surface area contributed by atoms with Crippen LogP contribution in [-0.4, -0.2) is 35.0 Å². The van der Waals surface area contributed by atoms with E-state index in [9.17, 15) is 4.79 Å². The molecule has 0 unspecified atom stereocenters. The minimum Gasteiger partial charge on any atom is -0.456 e. The first kappa shape index (κ1) is 26.6. The van der Waals surface area contributed by atoms with Crippen LogP contribution in [0.15, 0.2) is 48.0 Å². The summed E-state index contributed by atoms with van der Waals surface area (Å²) in [5.74, 6) is 1.52. The number of hydrogen-bond acceptors (Lipinski definition) is 7. The number of ether oxygens (including phenoxy) is 1. The molecule has 2 heterocycles. The van der Waals surface area contributed by atoms with E-state index < -0.39 is 0 Å². The summed E-state index contributed by atoms with van der Waals surface area (Å²) in [4.78, 5) is 21.2. The topological polar surface area (TPSA) is 88.2 Å². The van der Waals surface area contributed by atoms with Gasteiger partial charge in [0.25, 0.3) is 5.91 Å². The Morgan fingerprint density at radius 1 is 1.16 bits per heavy atom. The number of carbonyl (C=O) groups excluding carboxylic acids is 1. The molecule has 0 bridgehead atoms. The third-order valence-electron chi connectivity index (χ3n) is 3.91. The normalized spacial score (nSPS) is 10.1. The molecule has 31 heavy (non-hydrogen) atoms. The van der Waals surface area contributed by atoms with Gasteiger partial charge in [0, 0.05) is 36.8 Å². The number of halogens is 2. The van der Waals surface area contributed by atoms with E-state index in [4.69, 9.17) is 4.74 Å². The van der Waals surface area contributed by atoms with E-state index in [-0.39, 0.29) is 30.7 Å². The average Bonchev–Trinajstić information content (AvgIpc) is 3.10. The van der Waals surface area contributed by atoms with Crippen molar-refractivity contribution >= 4 is 53.0 Å². The monoisotopic (exact) mass is 483 g/mol. The van der Waals surface area contributed by atoms with Crippen molar-refractivity contribution in [3.63, 3.8) is 0 Å². The number of para-hydroxylation sites is 1. The summed E-state index contributed by atoms with van der Waals surface area (Å²) in [5, 5.41) is 12.1. The van der Waals surface area contributed by atoms with E-state index in [2.05, 4.69) is 39.8 Å². The molecule has 3 aromatic rings. The lowest BCUT2D eigenvalue weighted by Crippen LogP contribution is -2.34. The van der Waals surface area contributed by atoms with E-state index in [0.29, 0.717) is 42.0 Å². The summed E-state index contributed by atoms with van der Waals surface area (Å²) in [5.41, 5.74) is 1.44.